The number of rotatable bonds is 4. The van der Waals surface area contributed by atoms with Crippen molar-refractivity contribution in [1.82, 2.24) is 24.7 Å². The van der Waals surface area contributed by atoms with E-state index in [9.17, 15) is 0 Å². The number of hydrogen-bond donors (Lipinski definition) is 0. The summed E-state index contributed by atoms with van der Waals surface area (Å²) in [5.74, 6) is 0.293. The molecule has 0 N–H and O–H groups in total. The zero-order valence-electron chi connectivity index (χ0n) is 10.6. The first-order chi connectivity index (χ1) is 10.2. The lowest BCUT2D eigenvalue weighted by Gasteiger charge is -2.06. The van der Waals surface area contributed by atoms with Gasteiger partial charge in [-0.3, -0.25) is 0 Å². The molecular formula is C13H9Cl2N5O. The van der Waals surface area contributed by atoms with Gasteiger partial charge in [-0.2, -0.15) is 20.1 Å². The summed E-state index contributed by atoms with van der Waals surface area (Å²) >= 11 is 11.8. The average Bonchev–Trinajstić information content (AvgIpc) is 2.99. The Morgan fingerprint density at radius 2 is 2.00 bits per heavy atom. The van der Waals surface area contributed by atoms with Gasteiger partial charge in [-0.25, -0.2) is 4.68 Å². The Kier molecular flexibility index (Phi) is 3.98. The highest BCUT2D eigenvalue weighted by atomic mass is 35.5. The zero-order chi connectivity index (χ0) is 14.7. The second kappa shape index (κ2) is 6.07. The van der Waals surface area contributed by atoms with Crippen LogP contribution in [-0.2, 0) is 6.61 Å². The van der Waals surface area contributed by atoms with Crippen LogP contribution in [0.4, 0.5) is 0 Å². The monoisotopic (exact) mass is 321 g/mol. The predicted octanol–water partition coefficient (Wildman–Crippen LogP) is 2.94. The number of nitrogens with zero attached hydrogens (tertiary/aromatic N) is 5. The molecule has 0 radical (unpaired) electrons. The minimum absolute atomic E-state index is 0.0385. The van der Waals surface area contributed by atoms with Crippen molar-refractivity contribution in [3.63, 3.8) is 0 Å². The van der Waals surface area contributed by atoms with E-state index in [2.05, 4.69) is 20.1 Å². The second-order valence-electron chi connectivity index (χ2n) is 4.06. The molecule has 3 rings (SSSR count). The number of benzene rings is 1. The van der Waals surface area contributed by atoms with Gasteiger partial charge >= 0.3 is 6.01 Å². The van der Waals surface area contributed by atoms with Crippen molar-refractivity contribution in [2.75, 3.05) is 0 Å². The molecule has 0 amide bonds. The molecule has 2 heterocycles. The van der Waals surface area contributed by atoms with Crippen molar-refractivity contribution in [3.8, 4) is 12.0 Å². The molecule has 3 aromatic rings. The van der Waals surface area contributed by atoms with E-state index < -0.39 is 0 Å². The molecule has 0 aliphatic heterocycles. The summed E-state index contributed by atoms with van der Waals surface area (Å²) in [6.07, 6.45) is 3.32. The molecule has 0 aliphatic carbocycles. The summed E-state index contributed by atoms with van der Waals surface area (Å²) in [5, 5.41) is 4.71. The smallest absolute Gasteiger partial charge is 0.322 e. The highest BCUT2D eigenvalue weighted by molar-refractivity contribution is 6.30. The van der Waals surface area contributed by atoms with Gasteiger partial charge in [0.15, 0.2) is 0 Å². The van der Waals surface area contributed by atoms with Gasteiger partial charge in [-0.1, -0.05) is 23.7 Å². The number of ether oxygens (including phenoxy) is 1. The van der Waals surface area contributed by atoms with Crippen molar-refractivity contribution < 1.29 is 4.74 Å². The summed E-state index contributed by atoms with van der Waals surface area (Å²) in [4.78, 5) is 12.1. The van der Waals surface area contributed by atoms with E-state index in [0.29, 0.717) is 11.0 Å². The Balaban J connectivity index is 1.79. The molecule has 0 atom stereocenters. The van der Waals surface area contributed by atoms with Crippen molar-refractivity contribution in [2.45, 2.75) is 6.61 Å². The fourth-order valence-electron chi connectivity index (χ4n) is 1.65. The lowest BCUT2D eigenvalue weighted by Crippen LogP contribution is -2.07. The molecule has 106 valence electrons. The molecule has 0 bridgehead atoms. The first-order valence-electron chi connectivity index (χ1n) is 5.99. The normalized spacial score (nSPS) is 10.6. The van der Waals surface area contributed by atoms with E-state index in [1.807, 2.05) is 12.1 Å². The average molecular weight is 322 g/mol. The third-order valence-electron chi connectivity index (χ3n) is 2.54. The molecule has 0 spiro atoms. The Bertz CT molecular complexity index is 748. The van der Waals surface area contributed by atoms with Crippen LogP contribution in [-0.4, -0.2) is 24.7 Å². The summed E-state index contributed by atoms with van der Waals surface area (Å²) < 4.78 is 6.99. The van der Waals surface area contributed by atoms with E-state index in [0.717, 1.165) is 5.56 Å². The first-order valence-corrected chi connectivity index (χ1v) is 6.75. The topological polar surface area (TPSA) is 65.7 Å². The van der Waals surface area contributed by atoms with Gasteiger partial charge in [0.25, 0.3) is 5.95 Å². The second-order valence-corrected chi connectivity index (χ2v) is 4.83. The van der Waals surface area contributed by atoms with Crippen molar-refractivity contribution in [1.29, 1.82) is 0 Å². The minimum Gasteiger partial charge on any atom is -0.458 e. The van der Waals surface area contributed by atoms with Gasteiger partial charge in [-0.15, -0.1) is 0 Å². The van der Waals surface area contributed by atoms with Gasteiger partial charge in [0.05, 0.1) is 0 Å². The van der Waals surface area contributed by atoms with Crippen LogP contribution in [0.5, 0.6) is 6.01 Å². The molecule has 0 aliphatic rings. The highest BCUT2D eigenvalue weighted by Gasteiger charge is 2.08. The summed E-state index contributed by atoms with van der Waals surface area (Å²) in [6.45, 7) is 0.277. The van der Waals surface area contributed by atoms with Crippen LogP contribution in [0.1, 0.15) is 5.56 Å². The molecule has 1 aromatic carbocycles. The van der Waals surface area contributed by atoms with Crippen LogP contribution in [0, 0.1) is 0 Å². The maximum absolute atomic E-state index is 5.92. The predicted molar refractivity (Wildman–Crippen MR) is 77.7 cm³/mol. The van der Waals surface area contributed by atoms with Gasteiger partial charge in [0.2, 0.25) is 5.28 Å². The molecule has 21 heavy (non-hydrogen) atoms. The maximum atomic E-state index is 5.92. The minimum atomic E-state index is 0.0385. The zero-order valence-corrected chi connectivity index (χ0v) is 12.2. The largest absolute Gasteiger partial charge is 0.458 e. The SMILES string of the molecule is Clc1cccc(COc2nc(Cl)nc(-n3cccn3)n2)c1. The standard InChI is InChI=1S/C13H9Cl2N5O/c14-10-4-1-3-9(7-10)8-21-13-18-11(15)17-12(19-13)20-6-2-5-16-20/h1-7H,8H2. The van der Waals surface area contributed by atoms with E-state index in [4.69, 9.17) is 27.9 Å². The van der Waals surface area contributed by atoms with Crippen LogP contribution < -0.4 is 4.74 Å². The molecular weight excluding hydrogens is 313 g/mol. The van der Waals surface area contributed by atoms with Crippen LogP contribution in [0.2, 0.25) is 10.3 Å². The van der Waals surface area contributed by atoms with Crippen LogP contribution in [0.25, 0.3) is 5.95 Å². The number of halogens is 2. The number of aromatic nitrogens is 5. The molecule has 0 saturated heterocycles. The van der Waals surface area contributed by atoms with Crippen molar-refractivity contribution in [3.05, 3.63) is 58.6 Å². The van der Waals surface area contributed by atoms with Gasteiger partial charge in [0, 0.05) is 17.4 Å². The lowest BCUT2D eigenvalue weighted by molar-refractivity contribution is 0.279. The van der Waals surface area contributed by atoms with E-state index in [1.54, 1.807) is 30.6 Å². The van der Waals surface area contributed by atoms with Gasteiger partial charge < -0.3 is 4.74 Å². The molecule has 2 aromatic heterocycles. The Hall–Kier alpha value is -2.18. The first kappa shape index (κ1) is 13.8. The fourth-order valence-corrected chi connectivity index (χ4v) is 2.01. The Labute approximate surface area is 130 Å². The lowest BCUT2D eigenvalue weighted by atomic mass is 10.2. The van der Waals surface area contributed by atoms with Crippen LogP contribution in [0.3, 0.4) is 0 Å². The molecule has 0 unspecified atom stereocenters. The van der Waals surface area contributed by atoms with E-state index in [1.165, 1.54) is 4.68 Å². The third-order valence-corrected chi connectivity index (χ3v) is 2.95. The van der Waals surface area contributed by atoms with Crippen LogP contribution >= 0.6 is 23.2 Å². The third kappa shape index (κ3) is 3.48. The highest BCUT2D eigenvalue weighted by Crippen LogP contribution is 2.14. The maximum Gasteiger partial charge on any atom is 0.322 e. The van der Waals surface area contributed by atoms with Crippen molar-refractivity contribution >= 4 is 23.2 Å². The molecule has 0 fully saturated rings. The fraction of sp³-hybridized carbons (Fsp3) is 0.0769. The Morgan fingerprint density at radius 1 is 1.10 bits per heavy atom. The quantitative estimate of drug-likeness (QED) is 0.739. The van der Waals surface area contributed by atoms with E-state index in [-0.39, 0.29) is 17.9 Å². The van der Waals surface area contributed by atoms with Gasteiger partial charge in [-0.05, 0) is 35.4 Å². The van der Waals surface area contributed by atoms with E-state index >= 15 is 0 Å². The van der Waals surface area contributed by atoms with Crippen LogP contribution in [0.15, 0.2) is 42.7 Å². The number of hydrogen-bond acceptors (Lipinski definition) is 5. The molecule has 0 saturated carbocycles. The summed E-state index contributed by atoms with van der Waals surface area (Å²) in [7, 11) is 0. The molecule has 6 nitrogen and oxygen atoms in total. The summed E-state index contributed by atoms with van der Waals surface area (Å²) in [6, 6.07) is 9.21. The van der Waals surface area contributed by atoms with Crippen molar-refractivity contribution in [2.24, 2.45) is 0 Å². The van der Waals surface area contributed by atoms with Gasteiger partial charge in [0.1, 0.15) is 6.61 Å². The summed E-state index contributed by atoms with van der Waals surface area (Å²) in [5.41, 5.74) is 0.902. The Morgan fingerprint density at radius 3 is 2.76 bits per heavy atom. The molecule has 8 heteroatoms.